The molecule has 2 heterocycles. The second kappa shape index (κ2) is 5.97. The van der Waals surface area contributed by atoms with Gasteiger partial charge in [0, 0.05) is 31.5 Å². The molecule has 22 heavy (non-hydrogen) atoms. The molecular weight excluding hydrogens is 276 g/mol. The molecule has 0 saturated heterocycles. The molecule has 0 atom stereocenters. The molecule has 0 N–H and O–H groups in total. The van der Waals surface area contributed by atoms with E-state index in [9.17, 15) is 4.79 Å². The number of benzene rings is 1. The van der Waals surface area contributed by atoms with Crippen molar-refractivity contribution >= 4 is 16.9 Å². The van der Waals surface area contributed by atoms with Crippen molar-refractivity contribution in [1.29, 1.82) is 0 Å². The molecule has 0 fully saturated rings. The fraction of sp³-hybridized carbons (Fsp3) is 0.235. The van der Waals surface area contributed by atoms with Gasteiger partial charge in [0.1, 0.15) is 5.82 Å². The molecule has 3 aromatic rings. The molecule has 5 nitrogen and oxygen atoms in total. The third-order valence-electron chi connectivity index (χ3n) is 3.70. The standard InChI is InChI=1S/C17H18N4O/c1-3-21-15-7-5-4-6-14(15)19-16(21)12-20(2)17(22)13-8-10-18-11-9-13/h4-11H,3,12H2,1-2H3. The van der Waals surface area contributed by atoms with Crippen molar-refractivity contribution in [3.05, 3.63) is 60.2 Å². The largest absolute Gasteiger partial charge is 0.334 e. The number of nitrogens with zero attached hydrogens (tertiary/aromatic N) is 4. The van der Waals surface area contributed by atoms with E-state index in [2.05, 4.69) is 27.5 Å². The Labute approximate surface area is 129 Å². The SMILES string of the molecule is CCn1c(CN(C)C(=O)c2ccncc2)nc2ccccc21. The highest BCUT2D eigenvalue weighted by atomic mass is 16.2. The summed E-state index contributed by atoms with van der Waals surface area (Å²) in [5.41, 5.74) is 2.70. The van der Waals surface area contributed by atoms with E-state index in [1.54, 1.807) is 36.5 Å². The van der Waals surface area contributed by atoms with E-state index in [0.29, 0.717) is 12.1 Å². The number of hydrogen-bond acceptors (Lipinski definition) is 3. The summed E-state index contributed by atoms with van der Waals surface area (Å²) in [5.74, 6) is 0.866. The summed E-state index contributed by atoms with van der Waals surface area (Å²) >= 11 is 0. The van der Waals surface area contributed by atoms with Gasteiger partial charge in [-0.25, -0.2) is 4.98 Å². The first-order valence-electron chi connectivity index (χ1n) is 7.30. The first-order valence-corrected chi connectivity index (χ1v) is 7.30. The number of rotatable bonds is 4. The third kappa shape index (κ3) is 2.57. The molecule has 3 rings (SSSR count). The van der Waals surface area contributed by atoms with Crippen molar-refractivity contribution in [2.75, 3.05) is 7.05 Å². The maximum atomic E-state index is 12.4. The molecule has 5 heteroatoms. The number of aryl methyl sites for hydroxylation is 1. The summed E-state index contributed by atoms with van der Waals surface area (Å²) in [6.45, 7) is 3.39. The normalized spacial score (nSPS) is 10.8. The van der Waals surface area contributed by atoms with Crippen LogP contribution in [0.5, 0.6) is 0 Å². The molecule has 0 unspecified atom stereocenters. The Morgan fingerprint density at radius 3 is 2.64 bits per heavy atom. The lowest BCUT2D eigenvalue weighted by molar-refractivity contribution is 0.0780. The molecule has 0 bridgehead atoms. The Hall–Kier alpha value is -2.69. The smallest absolute Gasteiger partial charge is 0.254 e. The number of amides is 1. The molecule has 0 spiro atoms. The molecule has 112 valence electrons. The zero-order valence-electron chi connectivity index (χ0n) is 12.7. The van der Waals surface area contributed by atoms with Crippen molar-refractivity contribution < 1.29 is 4.79 Å². The highest BCUT2D eigenvalue weighted by molar-refractivity contribution is 5.93. The van der Waals surface area contributed by atoms with Crippen molar-refractivity contribution in [3.8, 4) is 0 Å². The van der Waals surface area contributed by atoms with Crippen LogP contribution in [0.15, 0.2) is 48.8 Å². The number of pyridine rings is 1. The van der Waals surface area contributed by atoms with Crippen molar-refractivity contribution in [1.82, 2.24) is 19.4 Å². The van der Waals surface area contributed by atoms with Gasteiger partial charge in [-0.2, -0.15) is 0 Å². The number of aromatic nitrogens is 3. The predicted molar refractivity (Wildman–Crippen MR) is 85.4 cm³/mol. The Morgan fingerprint density at radius 2 is 1.91 bits per heavy atom. The average molecular weight is 294 g/mol. The molecular formula is C17H18N4O. The Morgan fingerprint density at radius 1 is 1.18 bits per heavy atom. The molecule has 1 amide bonds. The highest BCUT2D eigenvalue weighted by Gasteiger charge is 2.16. The third-order valence-corrected chi connectivity index (χ3v) is 3.70. The zero-order chi connectivity index (χ0) is 15.5. The van der Waals surface area contributed by atoms with E-state index in [0.717, 1.165) is 23.4 Å². The summed E-state index contributed by atoms with van der Waals surface area (Å²) in [5, 5.41) is 0. The summed E-state index contributed by atoms with van der Waals surface area (Å²) in [7, 11) is 1.79. The Kier molecular flexibility index (Phi) is 3.87. The van der Waals surface area contributed by atoms with Crippen LogP contribution in [0, 0.1) is 0 Å². The van der Waals surface area contributed by atoms with Crippen molar-refractivity contribution in [2.45, 2.75) is 20.0 Å². The van der Waals surface area contributed by atoms with E-state index in [4.69, 9.17) is 0 Å². The zero-order valence-corrected chi connectivity index (χ0v) is 12.7. The lowest BCUT2D eigenvalue weighted by Crippen LogP contribution is -2.27. The summed E-state index contributed by atoms with van der Waals surface area (Å²) in [6.07, 6.45) is 3.25. The van der Waals surface area contributed by atoms with Gasteiger partial charge in [0.15, 0.2) is 0 Å². The average Bonchev–Trinajstić information content (AvgIpc) is 2.91. The van der Waals surface area contributed by atoms with Gasteiger partial charge in [0.2, 0.25) is 0 Å². The number of para-hydroxylation sites is 2. The number of hydrogen-bond donors (Lipinski definition) is 0. The Balaban J connectivity index is 1.88. The van der Waals surface area contributed by atoms with E-state index >= 15 is 0 Å². The van der Waals surface area contributed by atoms with Crippen LogP contribution in [0.3, 0.4) is 0 Å². The van der Waals surface area contributed by atoms with E-state index in [1.165, 1.54) is 0 Å². The van der Waals surface area contributed by atoms with Crippen LogP contribution in [-0.2, 0) is 13.1 Å². The molecule has 1 aromatic carbocycles. The van der Waals surface area contributed by atoms with Gasteiger partial charge in [-0.05, 0) is 31.2 Å². The topological polar surface area (TPSA) is 51.0 Å². The van der Waals surface area contributed by atoms with Crippen LogP contribution < -0.4 is 0 Å². The van der Waals surface area contributed by atoms with E-state index in [1.807, 2.05) is 18.2 Å². The lowest BCUT2D eigenvalue weighted by Gasteiger charge is -2.17. The van der Waals surface area contributed by atoms with Crippen LogP contribution in [-0.4, -0.2) is 32.4 Å². The lowest BCUT2D eigenvalue weighted by atomic mass is 10.2. The minimum atomic E-state index is -0.0305. The first-order chi connectivity index (χ1) is 10.7. The van der Waals surface area contributed by atoms with Crippen molar-refractivity contribution in [2.24, 2.45) is 0 Å². The summed E-state index contributed by atoms with van der Waals surface area (Å²) < 4.78 is 2.14. The number of carbonyl (C=O) groups excluding carboxylic acids is 1. The van der Waals surface area contributed by atoms with Gasteiger partial charge >= 0.3 is 0 Å². The Bertz CT molecular complexity index is 795. The fourth-order valence-electron chi connectivity index (χ4n) is 2.60. The quantitative estimate of drug-likeness (QED) is 0.743. The monoisotopic (exact) mass is 294 g/mol. The minimum Gasteiger partial charge on any atom is -0.334 e. The van der Waals surface area contributed by atoms with Crippen LogP contribution in [0.4, 0.5) is 0 Å². The second-order valence-electron chi connectivity index (χ2n) is 5.16. The van der Waals surface area contributed by atoms with Gasteiger partial charge in [-0.15, -0.1) is 0 Å². The van der Waals surface area contributed by atoms with Crippen molar-refractivity contribution in [3.63, 3.8) is 0 Å². The van der Waals surface area contributed by atoms with Crippen LogP contribution in [0.2, 0.25) is 0 Å². The van der Waals surface area contributed by atoms with Crippen LogP contribution in [0.25, 0.3) is 11.0 Å². The van der Waals surface area contributed by atoms with E-state index < -0.39 is 0 Å². The molecule has 0 aliphatic carbocycles. The maximum absolute atomic E-state index is 12.4. The van der Waals surface area contributed by atoms with Crippen LogP contribution in [0.1, 0.15) is 23.1 Å². The molecule has 2 aromatic heterocycles. The minimum absolute atomic E-state index is 0.0305. The summed E-state index contributed by atoms with van der Waals surface area (Å²) in [4.78, 5) is 22.7. The van der Waals surface area contributed by atoms with Gasteiger partial charge in [-0.3, -0.25) is 9.78 Å². The molecule has 0 aliphatic heterocycles. The molecule has 0 saturated carbocycles. The fourth-order valence-corrected chi connectivity index (χ4v) is 2.60. The van der Waals surface area contributed by atoms with Gasteiger partial charge in [0.05, 0.1) is 17.6 Å². The van der Waals surface area contributed by atoms with Gasteiger partial charge in [0.25, 0.3) is 5.91 Å². The maximum Gasteiger partial charge on any atom is 0.254 e. The van der Waals surface area contributed by atoms with Gasteiger partial charge in [-0.1, -0.05) is 12.1 Å². The van der Waals surface area contributed by atoms with E-state index in [-0.39, 0.29) is 5.91 Å². The first kappa shape index (κ1) is 14.3. The second-order valence-corrected chi connectivity index (χ2v) is 5.16. The molecule has 0 aliphatic rings. The number of carbonyl (C=O) groups is 1. The molecule has 0 radical (unpaired) electrons. The van der Waals surface area contributed by atoms with Crippen LogP contribution >= 0.6 is 0 Å². The number of imidazole rings is 1. The highest BCUT2D eigenvalue weighted by Crippen LogP contribution is 2.17. The van der Waals surface area contributed by atoms with Gasteiger partial charge < -0.3 is 9.47 Å². The number of fused-ring (bicyclic) bond motifs is 1. The predicted octanol–water partition coefficient (Wildman–Crippen LogP) is 2.72. The summed E-state index contributed by atoms with van der Waals surface area (Å²) in [6, 6.07) is 11.5.